The molecule has 588 valence electrons. The highest BCUT2D eigenvalue weighted by Gasteiger charge is 2.53. The Morgan fingerprint density at radius 2 is 0.767 bits per heavy atom. The SMILES string of the molecule is Cc1ccc(C(=O)N2CC3CC(Oc4ccccn4)C2C3)c(-n2nccn2)n1.Cc1ccc(OC2CC3CC2N(C(=O)c2cccc(F)c2-c2ncccn2)C3)nc1.Cc1cnc(OC2CC3CC2N(C(=O)c2cccc(F)c2-c2ncccn2)C3)c(F)c1.O=C(c1ccccc1-n1nccn1)N1CC2CC(Oc3ccccn3)C1C2. The fourth-order valence-corrected chi connectivity index (χ4v) is 17.6. The first kappa shape index (κ1) is 75.4. The molecule has 0 radical (unpaired) electrons. The van der Waals surface area contributed by atoms with Gasteiger partial charge in [0, 0.05) is 99.6 Å². The molecule has 4 aliphatic carbocycles. The van der Waals surface area contributed by atoms with Crippen LogP contribution in [0, 0.1) is 61.9 Å². The molecule has 12 atom stereocenters. The molecular formula is C86H80F3N19O8. The third-order valence-electron chi connectivity index (χ3n) is 22.6. The van der Waals surface area contributed by atoms with Crippen LogP contribution < -0.4 is 18.9 Å². The minimum Gasteiger partial charge on any atom is -0.472 e. The Morgan fingerprint density at radius 3 is 1.22 bits per heavy atom. The summed E-state index contributed by atoms with van der Waals surface area (Å²) in [5.74, 6) is 1.95. The number of likely N-dealkylation sites (tertiary alicyclic amines) is 4. The van der Waals surface area contributed by atoms with Crippen molar-refractivity contribution in [2.75, 3.05) is 26.2 Å². The molecule has 116 heavy (non-hydrogen) atoms. The van der Waals surface area contributed by atoms with Crippen LogP contribution in [0.5, 0.6) is 23.5 Å². The number of rotatable bonds is 16. The van der Waals surface area contributed by atoms with Crippen molar-refractivity contribution in [1.29, 1.82) is 0 Å². The first-order valence-corrected chi connectivity index (χ1v) is 38.8. The Labute approximate surface area is 665 Å². The number of fused-ring (bicyclic) bond motifs is 8. The maximum Gasteiger partial charge on any atom is 0.258 e. The molecule has 4 saturated carbocycles. The van der Waals surface area contributed by atoms with E-state index < -0.39 is 17.5 Å². The molecule has 27 nitrogen and oxygen atoms in total. The van der Waals surface area contributed by atoms with E-state index in [1.807, 2.05) is 113 Å². The van der Waals surface area contributed by atoms with Gasteiger partial charge >= 0.3 is 0 Å². The molecule has 20 rings (SSSR count). The molecule has 0 spiro atoms. The molecule has 3 aromatic carbocycles. The molecule has 4 saturated heterocycles. The average Bonchev–Trinajstić information content (AvgIpc) is 1.61. The van der Waals surface area contributed by atoms with Crippen molar-refractivity contribution in [1.82, 2.24) is 94.4 Å². The summed E-state index contributed by atoms with van der Waals surface area (Å²) in [6, 6.07) is 39.5. The Kier molecular flexibility index (Phi) is 21.5. The van der Waals surface area contributed by atoms with Crippen molar-refractivity contribution in [3.8, 4) is 57.8 Å². The predicted molar refractivity (Wildman–Crippen MR) is 414 cm³/mol. The number of ether oxygens (including phenoxy) is 4. The molecule has 12 aromatic rings. The summed E-state index contributed by atoms with van der Waals surface area (Å²) in [4.78, 5) is 102. The molecule has 8 bridgehead atoms. The second-order valence-electron chi connectivity index (χ2n) is 30.3. The highest BCUT2D eigenvalue weighted by molar-refractivity contribution is 6.02. The van der Waals surface area contributed by atoms with Crippen molar-refractivity contribution in [2.45, 2.75) is 121 Å². The number of pyridine rings is 5. The number of carbonyl (C=O) groups is 4. The molecule has 12 unspecified atom stereocenters. The number of aryl methyl sites for hydroxylation is 3. The van der Waals surface area contributed by atoms with Gasteiger partial charge in [-0.1, -0.05) is 42.5 Å². The van der Waals surface area contributed by atoms with Gasteiger partial charge in [-0.25, -0.2) is 58.0 Å². The van der Waals surface area contributed by atoms with E-state index in [-0.39, 0.29) is 118 Å². The maximum absolute atomic E-state index is 14.7. The number of hydrogen-bond acceptors (Lipinski definition) is 21. The normalized spacial score (nSPS) is 22.7. The van der Waals surface area contributed by atoms with E-state index in [9.17, 15) is 32.3 Å². The summed E-state index contributed by atoms with van der Waals surface area (Å²) in [6.07, 6.45) is 25.8. The molecule has 30 heteroatoms. The summed E-state index contributed by atoms with van der Waals surface area (Å²) in [6.45, 7) is 8.33. The fraction of sp³-hybridized carbons (Fsp3) is 0.314. The van der Waals surface area contributed by atoms with Crippen molar-refractivity contribution < 1.29 is 51.3 Å². The van der Waals surface area contributed by atoms with Crippen LogP contribution in [0.2, 0.25) is 0 Å². The van der Waals surface area contributed by atoms with Gasteiger partial charge in [-0.05, 0) is 186 Å². The Morgan fingerprint density at radius 1 is 0.353 bits per heavy atom. The summed E-state index contributed by atoms with van der Waals surface area (Å²) in [7, 11) is 0. The number of benzene rings is 3. The number of piperidine rings is 4. The first-order valence-electron chi connectivity index (χ1n) is 38.8. The van der Waals surface area contributed by atoms with E-state index in [1.54, 1.807) is 104 Å². The lowest BCUT2D eigenvalue weighted by Crippen LogP contribution is -2.47. The number of para-hydroxylation sites is 1. The topological polar surface area (TPSA) is 296 Å². The molecule has 8 aliphatic rings. The van der Waals surface area contributed by atoms with Gasteiger partial charge in [-0.15, -0.1) is 4.80 Å². The van der Waals surface area contributed by atoms with Crippen molar-refractivity contribution >= 4 is 23.6 Å². The monoisotopic (exact) mass is 1560 g/mol. The third-order valence-corrected chi connectivity index (χ3v) is 22.6. The standard InChI is InChI=1S/C23H20F2N4O2.C23H21FN4O2.C20H20N6O2.C20H19N5O2/c1-13-8-17(25)22(28-11-13)31-19-10-14-9-18(19)29(12-14)23(30)15-4-2-5-16(24)20(15)21-26-6-3-7-27-21;1-14-6-7-20(27-12-14)30-19-11-15-10-18(19)28(13-15)23(29)16-4-2-5-17(24)21(16)22-25-8-3-9-26-22;1-13-5-6-15(19(24-13)26-22-8-9-23-26)20(27)25-12-14-10-16(25)17(11-14)28-18-4-2-3-7-21-18;26-20(15-5-1-2-6-16(15)25-22-9-10-23-25)24-13-14-11-17(24)18(12-14)27-19-7-3-4-8-21-19/h2-8,11,14,18-19H,9-10,12H2,1H3;2-9,12,15,18-19H,10-11,13H2,1H3;2-9,14,16-17H,10-12H2,1H3;1-10,14,17-18H,11-13H2. The maximum atomic E-state index is 14.7. The van der Waals surface area contributed by atoms with E-state index in [0.717, 1.165) is 75.7 Å². The van der Waals surface area contributed by atoms with E-state index in [1.165, 1.54) is 46.3 Å². The Bertz CT molecular complexity index is 5500. The average molecular weight is 1560 g/mol. The lowest BCUT2D eigenvalue weighted by atomic mass is 10.0. The third kappa shape index (κ3) is 15.8. The minimum absolute atomic E-state index is 0.00437. The van der Waals surface area contributed by atoms with Gasteiger partial charge in [-0.2, -0.15) is 25.2 Å². The summed E-state index contributed by atoms with van der Waals surface area (Å²) in [5.41, 5.74) is 5.09. The summed E-state index contributed by atoms with van der Waals surface area (Å²) >= 11 is 0. The minimum atomic E-state index is -0.555. The number of carbonyl (C=O) groups excluding carboxylic acids is 4. The largest absolute Gasteiger partial charge is 0.472 e. The molecular weight excluding hydrogens is 1480 g/mol. The Hall–Kier alpha value is -13.3. The number of aromatic nitrogens is 15. The van der Waals surface area contributed by atoms with Gasteiger partial charge < -0.3 is 38.5 Å². The number of hydrogen-bond donors (Lipinski definition) is 0. The highest BCUT2D eigenvalue weighted by atomic mass is 19.1. The van der Waals surface area contributed by atoms with Crippen LogP contribution >= 0.6 is 0 Å². The van der Waals surface area contributed by atoms with Gasteiger partial charge in [0.05, 0.1) is 88.0 Å². The zero-order valence-corrected chi connectivity index (χ0v) is 63.5. The van der Waals surface area contributed by atoms with Crippen LogP contribution in [-0.4, -0.2) is 193 Å². The van der Waals surface area contributed by atoms with Crippen LogP contribution in [0.4, 0.5) is 13.2 Å². The van der Waals surface area contributed by atoms with Gasteiger partial charge in [0.1, 0.15) is 36.1 Å². The predicted octanol–water partition coefficient (Wildman–Crippen LogP) is 11.9. The number of amides is 4. The van der Waals surface area contributed by atoms with Gasteiger partial charge in [0.15, 0.2) is 23.3 Å². The second kappa shape index (κ2) is 33.0. The highest BCUT2D eigenvalue weighted by Crippen LogP contribution is 2.46. The van der Waals surface area contributed by atoms with Crippen LogP contribution in [0.1, 0.15) is 110 Å². The molecule has 0 N–H and O–H groups in total. The quantitative estimate of drug-likeness (QED) is 0.0868. The zero-order chi connectivity index (χ0) is 79.5. The van der Waals surface area contributed by atoms with Gasteiger partial charge in [0.2, 0.25) is 17.6 Å². The van der Waals surface area contributed by atoms with Crippen molar-refractivity contribution in [3.05, 3.63) is 270 Å². The van der Waals surface area contributed by atoms with Crippen LogP contribution in [-0.2, 0) is 0 Å². The first-order chi connectivity index (χ1) is 56.6. The second-order valence-corrected chi connectivity index (χ2v) is 30.3. The smallest absolute Gasteiger partial charge is 0.258 e. The molecule has 8 fully saturated rings. The fourth-order valence-electron chi connectivity index (χ4n) is 17.6. The molecule has 13 heterocycles. The van der Waals surface area contributed by atoms with E-state index >= 15 is 0 Å². The zero-order valence-electron chi connectivity index (χ0n) is 63.5. The van der Waals surface area contributed by atoms with E-state index in [0.29, 0.717) is 76.7 Å². The van der Waals surface area contributed by atoms with Gasteiger partial charge in [-0.3, -0.25) is 19.2 Å². The van der Waals surface area contributed by atoms with Gasteiger partial charge in [0.25, 0.3) is 29.5 Å². The van der Waals surface area contributed by atoms with Crippen molar-refractivity contribution in [3.63, 3.8) is 0 Å². The summed E-state index contributed by atoms with van der Waals surface area (Å²) < 4.78 is 67.8. The van der Waals surface area contributed by atoms with Crippen LogP contribution in [0.25, 0.3) is 34.3 Å². The lowest BCUT2D eigenvalue weighted by molar-refractivity contribution is 0.0454. The Balaban J connectivity index is 0.000000111. The number of halogens is 3. The van der Waals surface area contributed by atoms with Crippen LogP contribution in [0.15, 0.2) is 214 Å². The van der Waals surface area contributed by atoms with E-state index in [4.69, 9.17) is 18.9 Å². The van der Waals surface area contributed by atoms with Crippen molar-refractivity contribution in [2.24, 2.45) is 23.7 Å². The summed E-state index contributed by atoms with van der Waals surface area (Å²) in [5, 5.41) is 16.7. The molecule has 4 aliphatic heterocycles. The molecule has 9 aromatic heterocycles. The lowest BCUT2D eigenvalue weighted by Gasteiger charge is -2.33. The van der Waals surface area contributed by atoms with Crippen LogP contribution in [0.3, 0.4) is 0 Å². The van der Waals surface area contributed by atoms with E-state index in [2.05, 4.69) is 65.3 Å². The molecule has 4 amide bonds. The number of nitrogens with zero attached hydrogens (tertiary/aromatic N) is 19.